The van der Waals surface area contributed by atoms with Gasteiger partial charge in [0.05, 0.1) is 16.7 Å². The summed E-state index contributed by atoms with van der Waals surface area (Å²) in [4.78, 5) is 49.5. The Balaban J connectivity index is 1.93. The molecule has 1 fully saturated rings. The van der Waals surface area contributed by atoms with Crippen molar-refractivity contribution in [1.82, 2.24) is 0 Å². The van der Waals surface area contributed by atoms with E-state index in [0.717, 1.165) is 30.6 Å². The molecule has 0 aliphatic carbocycles. The fourth-order valence-corrected chi connectivity index (χ4v) is 3.92. The Hall–Kier alpha value is -1.95. The lowest BCUT2D eigenvalue weighted by Crippen LogP contribution is -2.31. The minimum Gasteiger partial charge on any atom is -0.299 e. The van der Waals surface area contributed by atoms with Crippen molar-refractivity contribution >= 4 is 40.8 Å². The van der Waals surface area contributed by atoms with Crippen LogP contribution in [-0.4, -0.2) is 34.4 Å². The van der Waals surface area contributed by atoms with Crippen LogP contribution in [0.2, 0.25) is 0 Å². The molecule has 140 valence electrons. The van der Waals surface area contributed by atoms with Gasteiger partial charge in [0.15, 0.2) is 5.78 Å². The number of thioether (sulfide) groups is 1. The van der Waals surface area contributed by atoms with Gasteiger partial charge in [0.2, 0.25) is 11.8 Å². The number of ketones is 2. The van der Waals surface area contributed by atoms with Crippen molar-refractivity contribution in [3.8, 4) is 0 Å². The quantitative estimate of drug-likeness (QED) is 0.353. The maximum Gasteiger partial charge on any atom is 0.247 e. The molecule has 2 rings (SSSR count). The molecule has 0 N–H and O–H groups in total. The molecule has 1 heterocycles. The summed E-state index contributed by atoms with van der Waals surface area (Å²) in [5.41, 5.74) is 0.878. The summed E-state index contributed by atoms with van der Waals surface area (Å²) in [6.45, 7) is 3.57. The van der Waals surface area contributed by atoms with Gasteiger partial charge in [0.1, 0.15) is 5.78 Å². The molecule has 1 unspecified atom stereocenters. The molecule has 1 aromatic carbocycles. The van der Waals surface area contributed by atoms with Crippen LogP contribution in [0.4, 0.5) is 5.69 Å². The number of carbonyl (C=O) groups is 4. The van der Waals surface area contributed by atoms with Gasteiger partial charge in [0.25, 0.3) is 0 Å². The third kappa shape index (κ3) is 5.27. The van der Waals surface area contributed by atoms with Crippen molar-refractivity contribution in [1.29, 1.82) is 0 Å². The molecule has 1 atom stereocenters. The summed E-state index contributed by atoms with van der Waals surface area (Å²) >= 11 is 1.25. The summed E-state index contributed by atoms with van der Waals surface area (Å²) in [6.07, 6.45) is 4.82. The molecular weight excluding hydrogens is 350 g/mol. The number of benzene rings is 1. The fourth-order valence-electron chi connectivity index (χ4n) is 2.88. The molecule has 2 amide bonds. The zero-order valence-corrected chi connectivity index (χ0v) is 16.1. The molecule has 6 heteroatoms. The maximum absolute atomic E-state index is 12.6. The monoisotopic (exact) mass is 375 g/mol. The number of nitrogens with zero attached hydrogens (tertiary/aromatic N) is 1. The van der Waals surface area contributed by atoms with E-state index in [1.807, 2.05) is 0 Å². The molecule has 0 aromatic heterocycles. The Labute approximate surface area is 158 Å². The van der Waals surface area contributed by atoms with Crippen LogP contribution in [0.3, 0.4) is 0 Å². The van der Waals surface area contributed by atoms with Crippen molar-refractivity contribution < 1.29 is 19.2 Å². The van der Waals surface area contributed by atoms with Gasteiger partial charge in [-0.25, -0.2) is 4.90 Å². The zero-order valence-electron chi connectivity index (χ0n) is 15.3. The van der Waals surface area contributed by atoms with E-state index in [1.165, 1.54) is 18.7 Å². The van der Waals surface area contributed by atoms with E-state index < -0.39 is 5.25 Å². The Kier molecular flexibility index (Phi) is 7.57. The normalized spacial score (nSPS) is 17.0. The van der Waals surface area contributed by atoms with E-state index in [-0.39, 0.29) is 35.6 Å². The van der Waals surface area contributed by atoms with Crippen LogP contribution in [-0.2, 0) is 14.4 Å². The van der Waals surface area contributed by atoms with E-state index in [9.17, 15) is 19.2 Å². The minimum absolute atomic E-state index is 0.0942. The highest BCUT2D eigenvalue weighted by atomic mass is 32.2. The number of rotatable bonds is 10. The second-order valence-corrected chi connectivity index (χ2v) is 7.72. The van der Waals surface area contributed by atoms with Crippen LogP contribution >= 0.6 is 11.8 Å². The van der Waals surface area contributed by atoms with Gasteiger partial charge in [-0.3, -0.25) is 19.2 Å². The van der Waals surface area contributed by atoms with Gasteiger partial charge in [-0.15, -0.1) is 11.8 Å². The molecule has 1 aromatic rings. The van der Waals surface area contributed by atoms with Crippen LogP contribution in [0.1, 0.15) is 62.7 Å². The van der Waals surface area contributed by atoms with E-state index in [4.69, 9.17) is 0 Å². The summed E-state index contributed by atoms with van der Waals surface area (Å²) in [6, 6.07) is 6.52. The first kappa shape index (κ1) is 20.4. The Morgan fingerprint density at radius 1 is 1.19 bits per heavy atom. The third-order valence-corrected chi connectivity index (χ3v) is 5.63. The lowest BCUT2D eigenvalue weighted by molar-refractivity contribution is -0.121. The van der Waals surface area contributed by atoms with Crippen molar-refractivity contribution in [2.24, 2.45) is 0 Å². The van der Waals surface area contributed by atoms with Crippen molar-refractivity contribution in [3.63, 3.8) is 0 Å². The van der Waals surface area contributed by atoms with Crippen LogP contribution in [0.25, 0.3) is 0 Å². The van der Waals surface area contributed by atoms with Crippen LogP contribution < -0.4 is 4.90 Å². The lowest BCUT2D eigenvalue weighted by atomic mass is 10.1. The highest BCUT2D eigenvalue weighted by molar-refractivity contribution is 8.01. The molecular formula is C20H25NO4S. The van der Waals surface area contributed by atoms with E-state index in [1.54, 1.807) is 24.3 Å². The molecule has 1 aliphatic rings. The first-order chi connectivity index (χ1) is 12.4. The molecule has 1 aliphatic heterocycles. The van der Waals surface area contributed by atoms with Crippen molar-refractivity contribution in [2.75, 3.05) is 10.7 Å². The summed E-state index contributed by atoms with van der Waals surface area (Å²) in [7, 11) is 0. The predicted octanol–water partition coefficient (Wildman–Crippen LogP) is 3.79. The predicted molar refractivity (Wildman–Crippen MR) is 104 cm³/mol. The number of anilines is 1. The van der Waals surface area contributed by atoms with Gasteiger partial charge >= 0.3 is 0 Å². The van der Waals surface area contributed by atoms with Gasteiger partial charge < -0.3 is 0 Å². The number of unbranched alkanes of at least 4 members (excludes halogenated alkanes) is 3. The van der Waals surface area contributed by atoms with Gasteiger partial charge in [-0.05, 0) is 25.5 Å². The second-order valence-electron chi connectivity index (χ2n) is 6.53. The molecule has 0 spiro atoms. The highest BCUT2D eigenvalue weighted by Crippen LogP contribution is 2.30. The zero-order chi connectivity index (χ0) is 19.1. The average Bonchev–Trinajstić information content (AvgIpc) is 2.90. The van der Waals surface area contributed by atoms with Crippen LogP contribution in [0.5, 0.6) is 0 Å². The number of hydrogen-bond donors (Lipinski definition) is 0. The smallest absolute Gasteiger partial charge is 0.247 e. The van der Waals surface area contributed by atoms with Gasteiger partial charge in [-0.2, -0.15) is 0 Å². The van der Waals surface area contributed by atoms with Crippen LogP contribution in [0.15, 0.2) is 24.3 Å². The minimum atomic E-state index is -0.525. The number of Topliss-reactive ketones (excluding diaryl/α,β-unsaturated/α-hetero) is 2. The van der Waals surface area contributed by atoms with Crippen LogP contribution in [0, 0.1) is 0 Å². The Morgan fingerprint density at radius 2 is 1.96 bits per heavy atom. The number of amides is 2. The standard InChI is InChI=1S/C20H25NO4S/c1-3-4-5-6-10-17(23)13-26-18-12-19(24)21(20(18)25)16-9-7-8-15(11-16)14(2)22/h7-9,11,18H,3-6,10,12-13H2,1-2H3. The lowest BCUT2D eigenvalue weighted by Gasteiger charge is -2.15. The molecule has 1 saturated heterocycles. The Bertz CT molecular complexity index is 701. The third-order valence-electron chi connectivity index (χ3n) is 4.37. The second kappa shape index (κ2) is 9.67. The van der Waals surface area contributed by atoms with E-state index in [2.05, 4.69) is 6.92 Å². The molecule has 26 heavy (non-hydrogen) atoms. The van der Waals surface area contributed by atoms with Crippen molar-refractivity contribution in [2.45, 2.75) is 57.6 Å². The molecule has 5 nitrogen and oxygen atoms in total. The first-order valence-electron chi connectivity index (χ1n) is 9.05. The van der Waals surface area contributed by atoms with E-state index in [0.29, 0.717) is 17.7 Å². The molecule has 0 bridgehead atoms. The first-order valence-corrected chi connectivity index (χ1v) is 10.1. The summed E-state index contributed by atoms with van der Waals surface area (Å²) in [5.74, 6) is -0.325. The van der Waals surface area contributed by atoms with E-state index >= 15 is 0 Å². The molecule has 0 radical (unpaired) electrons. The number of hydrogen-bond acceptors (Lipinski definition) is 5. The highest BCUT2D eigenvalue weighted by Gasteiger charge is 2.40. The number of carbonyl (C=O) groups excluding carboxylic acids is 4. The summed E-state index contributed by atoms with van der Waals surface area (Å²) in [5, 5.41) is -0.525. The summed E-state index contributed by atoms with van der Waals surface area (Å²) < 4.78 is 0. The topological polar surface area (TPSA) is 71.5 Å². The fraction of sp³-hybridized carbons (Fsp3) is 0.500. The SMILES string of the molecule is CCCCCCC(=O)CSC1CC(=O)N(c2cccc(C(C)=O)c2)C1=O. The maximum atomic E-state index is 12.6. The average molecular weight is 375 g/mol. The largest absolute Gasteiger partial charge is 0.299 e. The van der Waals surface area contributed by atoms with Gasteiger partial charge in [0, 0.05) is 18.4 Å². The molecule has 0 saturated carbocycles. The Morgan fingerprint density at radius 3 is 2.65 bits per heavy atom. The van der Waals surface area contributed by atoms with Gasteiger partial charge in [-0.1, -0.05) is 38.3 Å². The number of imide groups is 1. The van der Waals surface area contributed by atoms with Crippen molar-refractivity contribution in [3.05, 3.63) is 29.8 Å².